The molecule has 0 aliphatic heterocycles. The van der Waals surface area contributed by atoms with Gasteiger partial charge in [-0.25, -0.2) is 0 Å². The van der Waals surface area contributed by atoms with E-state index in [4.69, 9.17) is 0 Å². The number of rotatable bonds is 1. The van der Waals surface area contributed by atoms with E-state index in [2.05, 4.69) is 12.2 Å². The van der Waals surface area contributed by atoms with Crippen LogP contribution >= 0.6 is 0 Å². The molecule has 0 fully saturated rings. The van der Waals surface area contributed by atoms with Crippen molar-refractivity contribution in [2.75, 3.05) is 0 Å². The van der Waals surface area contributed by atoms with Crippen LogP contribution in [0.3, 0.4) is 0 Å². The zero-order valence-corrected chi connectivity index (χ0v) is 7.10. The molecule has 1 heteroatoms. The van der Waals surface area contributed by atoms with E-state index in [1.54, 1.807) is 6.08 Å². The second kappa shape index (κ2) is 3.40. The van der Waals surface area contributed by atoms with Gasteiger partial charge < -0.3 is 0 Å². The molecule has 0 aromatic rings. The predicted octanol–water partition coefficient (Wildman–Crippen LogP) is 2.26. The van der Waals surface area contributed by atoms with Crippen LogP contribution in [0.4, 0.5) is 0 Å². The zero-order chi connectivity index (χ0) is 9.10. The second-order valence-electron chi connectivity index (χ2n) is 2.98. The molecule has 0 aromatic carbocycles. The highest BCUT2D eigenvalue weighted by Crippen LogP contribution is 2.25. The molecule has 0 saturated carbocycles. The van der Waals surface area contributed by atoms with Crippen molar-refractivity contribution in [3.8, 4) is 0 Å². The molecule has 1 atom stereocenters. The van der Waals surface area contributed by atoms with E-state index in [0.717, 1.165) is 5.57 Å². The Labute approximate surface area is 77.5 Å². The van der Waals surface area contributed by atoms with E-state index < -0.39 is 0 Å². The van der Waals surface area contributed by atoms with E-state index >= 15 is 0 Å². The third-order valence-electron chi connectivity index (χ3n) is 2.18. The molecule has 1 unspecified atom stereocenters. The van der Waals surface area contributed by atoms with Crippen LogP contribution in [-0.2, 0) is 4.79 Å². The molecule has 0 N–H and O–H groups in total. The second-order valence-corrected chi connectivity index (χ2v) is 2.98. The molecule has 2 aliphatic rings. The lowest BCUT2D eigenvalue weighted by Gasteiger charge is -2.12. The number of hydrogen-bond acceptors (Lipinski definition) is 1. The van der Waals surface area contributed by atoms with Gasteiger partial charge in [0, 0.05) is 11.5 Å². The monoisotopic (exact) mass is 169 g/mol. The average Bonchev–Trinajstić information content (AvgIpc) is 2.39. The third-order valence-corrected chi connectivity index (χ3v) is 2.18. The first-order chi connectivity index (χ1) is 6.42. The van der Waals surface area contributed by atoms with Gasteiger partial charge >= 0.3 is 0 Å². The van der Waals surface area contributed by atoms with Crippen LogP contribution in [0, 0.1) is 5.92 Å². The Hall–Kier alpha value is -1.63. The van der Waals surface area contributed by atoms with Gasteiger partial charge in [0.15, 0.2) is 0 Å². The summed E-state index contributed by atoms with van der Waals surface area (Å²) in [6, 6.07) is 0. The largest absolute Gasteiger partial charge is 0.285 e. The fourth-order valence-electron chi connectivity index (χ4n) is 1.52. The maximum atomic E-state index is 10.6. The topological polar surface area (TPSA) is 17.1 Å². The minimum Gasteiger partial charge on any atom is -0.285 e. The van der Waals surface area contributed by atoms with Crippen molar-refractivity contribution in [3.05, 3.63) is 59.8 Å². The van der Waals surface area contributed by atoms with Crippen molar-refractivity contribution in [2.24, 2.45) is 5.92 Å². The molecular weight excluding hydrogens is 160 g/mol. The summed E-state index contributed by atoms with van der Waals surface area (Å²) in [5.41, 5.74) is 1.68. The molecule has 0 saturated heterocycles. The summed E-state index contributed by atoms with van der Waals surface area (Å²) in [6.45, 7) is 0. The minimum atomic E-state index is 0.233. The molecule has 0 heterocycles. The number of fused-ring (bicyclic) bond motifs is 1. The van der Waals surface area contributed by atoms with Crippen molar-refractivity contribution in [1.82, 2.24) is 0 Å². The molecule has 13 heavy (non-hydrogen) atoms. The van der Waals surface area contributed by atoms with Crippen LogP contribution in [0.5, 0.6) is 0 Å². The maximum absolute atomic E-state index is 10.6. The Kier molecular flexibility index (Phi) is 2.09. The number of hydrogen-bond donors (Lipinski definition) is 0. The summed E-state index contributed by atoms with van der Waals surface area (Å²) in [5, 5.41) is 0. The third kappa shape index (κ3) is 1.45. The van der Waals surface area contributed by atoms with Crippen LogP contribution in [0.1, 0.15) is 0 Å². The van der Waals surface area contributed by atoms with Gasteiger partial charge in [-0.05, 0) is 5.57 Å². The normalized spacial score (nSPS) is 24.5. The molecule has 1 nitrogen and oxygen atoms in total. The number of allylic oxidation sites excluding steroid dienone is 10. The first-order valence-corrected chi connectivity index (χ1v) is 4.24. The van der Waals surface area contributed by atoms with Gasteiger partial charge in [-0.15, -0.1) is 0 Å². The molecule has 0 aromatic heterocycles. The summed E-state index contributed by atoms with van der Waals surface area (Å²) >= 11 is 0. The maximum Gasteiger partial charge on any atom is 0.233 e. The quantitative estimate of drug-likeness (QED) is 0.588. The Morgan fingerprint density at radius 2 is 1.69 bits per heavy atom. The molecule has 1 radical (unpaired) electrons. The minimum absolute atomic E-state index is 0.233. The highest BCUT2D eigenvalue weighted by Gasteiger charge is 2.13. The zero-order valence-electron chi connectivity index (χ0n) is 7.10. The average molecular weight is 169 g/mol. The molecule has 0 spiro atoms. The first-order valence-electron chi connectivity index (χ1n) is 4.24. The van der Waals surface area contributed by atoms with Crippen LogP contribution in [-0.4, -0.2) is 6.29 Å². The summed E-state index contributed by atoms with van der Waals surface area (Å²) in [7, 11) is 0. The molecular formula is C12H9O. The lowest BCUT2D eigenvalue weighted by molar-refractivity contribution is 0.562. The fraction of sp³-hybridized carbons (Fsp3) is 0.0833. The van der Waals surface area contributed by atoms with Gasteiger partial charge in [0.1, 0.15) is 0 Å². The first kappa shape index (κ1) is 7.99. The molecule has 0 amide bonds. The van der Waals surface area contributed by atoms with Crippen molar-refractivity contribution in [1.29, 1.82) is 0 Å². The smallest absolute Gasteiger partial charge is 0.233 e. The van der Waals surface area contributed by atoms with Gasteiger partial charge in [0.05, 0.1) is 0 Å². The summed E-state index contributed by atoms with van der Waals surface area (Å²) in [4.78, 5) is 10.6. The van der Waals surface area contributed by atoms with E-state index in [9.17, 15) is 4.79 Å². The summed E-state index contributed by atoms with van der Waals surface area (Å²) in [6.07, 6.45) is 17.6. The van der Waals surface area contributed by atoms with Crippen LogP contribution < -0.4 is 0 Å². The van der Waals surface area contributed by atoms with Gasteiger partial charge in [0.25, 0.3) is 0 Å². The standard InChI is InChI=1S/C12H9O/c13-9-11-7-2-1-5-10-6-3-4-8-12(10)11/h1-8,10H. The Bertz CT molecular complexity index is 365. The lowest BCUT2D eigenvalue weighted by Crippen LogP contribution is -2.01. The van der Waals surface area contributed by atoms with Gasteiger partial charge in [-0.2, -0.15) is 0 Å². The highest BCUT2D eigenvalue weighted by molar-refractivity contribution is 5.81. The van der Waals surface area contributed by atoms with Gasteiger partial charge in [-0.3, -0.25) is 4.79 Å². The predicted molar refractivity (Wildman–Crippen MR) is 52.8 cm³/mol. The van der Waals surface area contributed by atoms with E-state index in [1.165, 1.54) is 0 Å². The van der Waals surface area contributed by atoms with Gasteiger partial charge in [-0.1, -0.05) is 48.6 Å². The molecule has 2 aliphatic carbocycles. The Morgan fingerprint density at radius 1 is 1.00 bits per heavy atom. The van der Waals surface area contributed by atoms with E-state index in [1.807, 2.05) is 36.7 Å². The van der Waals surface area contributed by atoms with E-state index in [0.29, 0.717) is 5.57 Å². The van der Waals surface area contributed by atoms with Crippen molar-refractivity contribution >= 4 is 6.29 Å². The SMILES string of the molecule is O=[C]C1=C2C=CC=CC2C=CC=C1. The molecule has 63 valence electrons. The van der Waals surface area contributed by atoms with Crippen molar-refractivity contribution in [3.63, 3.8) is 0 Å². The summed E-state index contributed by atoms with van der Waals surface area (Å²) < 4.78 is 0. The van der Waals surface area contributed by atoms with Crippen LogP contribution in [0.2, 0.25) is 0 Å². The van der Waals surface area contributed by atoms with Crippen LogP contribution in [0.15, 0.2) is 59.8 Å². The summed E-state index contributed by atoms with van der Waals surface area (Å²) in [5.74, 6) is 0.233. The number of carbonyl (C=O) groups excluding carboxylic acids is 1. The van der Waals surface area contributed by atoms with E-state index in [-0.39, 0.29) is 5.92 Å². The molecule has 0 bridgehead atoms. The van der Waals surface area contributed by atoms with Crippen LogP contribution in [0.25, 0.3) is 0 Å². The lowest BCUT2D eigenvalue weighted by atomic mass is 9.91. The fourth-order valence-corrected chi connectivity index (χ4v) is 1.52. The van der Waals surface area contributed by atoms with Gasteiger partial charge in [0.2, 0.25) is 6.29 Å². The van der Waals surface area contributed by atoms with Crippen molar-refractivity contribution in [2.45, 2.75) is 0 Å². The highest BCUT2D eigenvalue weighted by atomic mass is 16.1. The Balaban J connectivity index is 2.51. The Morgan fingerprint density at radius 3 is 2.38 bits per heavy atom. The van der Waals surface area contributed by atoms with Crippen molar-refractivity contribution < 1.29 is 4.79 Å². The molecule has 2 rings (SSSR count).